The Morgan fingerprint density at radius 3 is 2.42 bits per heavy atom. The van der Waals surface area contributed by atoms with Crippen molar-refractivity contribution in [2.75, 3.05) is 19.0 Å². The summed E-state index contributed by atoms with van der Waals surface area (Å²) in [5.74, 6) is -0.0543. The van der Waals surface area contributed by atoms with Crippen LogP contribution in [0.5, 0.6) is 5.75 Å². The summed E-state index contributed by atoms with van der Waals surface area (Å²) in [6.07, 6.45) is 1.70. The number of para-hydroxylation sites is 1. The number of aromatic nitrogens is 2. The molecule has 0 saturated carbocycles. The minimum Gasteiger partial charge on any atom is -0.497 e. The summed E-state index contributed by atoms with van der Waals surface area (Å²) in [5, 5.41) is 7.57. The average molecular weight is 441 g/mol. The molecular weight excluding hydrogens is 418 g/mol. The van der Waals surface area contributed by atoms with Crippen LogP contribution in [0.15, 0.2) is 85.1 Å². The topological polar surface area (TPSA) is 82.5 Å². The first kappa shape index (κ1) is 21.8. The molecule has 4 rings (SSSR count). The maximum atomic E-state index is 13.2. The smallest absolute Gasteiger partial charge is 0.338 e. The number of nitrogens with zero attached hydrogens (tertiary/aromatic N) is 2. The minimum atomic E-state index is -0.403. The molecule has 4 aromatic rings. The molecule has 0 aliphatic carbocycles. The van der Waals surface area contributed by atoms with Crippen molar-refractivity contribution in [3.63, 3.8) is 0 Å². The molecule has 1 aromatic heterocycles. The third kappa shape index (κ3) is 4.93. The highest BCUT2D eigenvalue weighted by Gasteiger charge is 2.19. The Morgan fingerprint density at radius 2 is 1.73 bits per heavy atom. The quantitative estimate of drug-likeness (QED) is 0.409. The first-order valence-electron chi connectivity index (χ1n) is 10.5. The van der Waals surface area contributed by atoms with E-state index in [9.17, 15) is 9.59 Å². The van der Waals surface area contributed by atoms with E-state index >= 15 is 0 Å². The van der Waals surface area contributed by atoms with E-state index in [2.05, 4.69) is 10.4 Å². The molecule has 1 heterocycles. The van der Waals surface area contributed by atoms with E-state index in [1.807, 2.05) is 54.6 Å². The zero-order valence-corrected chi connectivity index (χ0v) is 18.3. The number of hydrogen-bond donors (Lipinski definition) is 1. The number of carbonyl (C=O) groups excluding carboxylic acids is 2. The van der Waals surface area contributed by atoms with Crippen LogP contribution < -0.4 is 10.1 Å². The van der Waals surface area contributed by atoms with Gasteiger partial charge in [0.05, 0.1) is 30.5 Å². The number of nitrogens with one attached hydrogen (secondary N) is 1. The number of ether oxygens (including phenoxy) is 2. The van der Waals surface area contributed by atoms with Gasteiger partial charge in [-0.15, -0.1) is 0 Å². The van der Waals surface area contributed by atoms with Crippen LogP contribution in [-0.2, 0) is 4.74 Å². The number of anilines is 1. The van der Waals surface area contributed by atoms with Gasteiger partial charge < -0.3 is 14.8 Å². The van der Waals surface area contributed by atoms with Gasteiger partial charge in [0.1, 0.15) is 11.4 Å². The first-order chi connectivity index (χ1) is 16.1. The lowest BCUT2D eigenvalue weighted by Crippen LogP contribution is -2.12. The predicted molar refractivity (Wildman–Crippen MR) is 126 cm³/mol. The summed E-state index contributed by atoms with van der Waals surface area (Å²) in [6, 6.07) is 23.5. The summed E-state index contributed by atoms with van der Waals surface area (Å²) in [4.78, 5) is 25.1. The molecule has 0 aliphatic rings. The van der Waals surface area contributed by atoms with Crippen molar-refractivity contribution in [1.82, 2.24) is 9.78 Å². The van der Waals surface area contributed by atoms with Gasteiger partial charge in [-0.05, 0) is 55.5 Å². The fraction of sp³-hybridized carbons (Fsp3) is 0.115. The van der Waals surface area contributed by atoms with Gasteiger partial charge in [0.2, 0.25) is 0 Å². The molecule has 7 nitrogen and oxygen atoms in total. The standard InChI is InChI=1S/C26H23N3O4/c1-3-33-26(31)18-12-14-20(15-13-18)27-25(30)23-17-29(21-9-5-4-6-10-21)28-24(23)19-8-7-11-22(16-19)32-2/h4-17H,3H2,1-2H3,(H,27,30). The van der Waals surface area contributed by atoms with Crippen molar-refractivity contribution < 1.29 is 19.1 Å². The lowest BCUT2D eigenvalue weighted by molar-refractivity contribution is 0.0526. The normalized spacial score (nSPS) is 10.5. The SMILES string of the molecule is CCOC(=O)c1ccc(NC(=O)c2cn(-c3ccccc3)nc2-c2cccc(OC)c2)cc1. The lowest BCUT2D eigenvalue weighted by atomic mass is 10.1. The highest BCUT2D eigenvalue weighted by atomic mass is 16.5. The van der Waals surface area contributed by atoms with Crippen LogP contribution in [0.4, 0.5) is 5.69 Å². The van der Waals surface area contributed by atoms with Crippen LogP contribution in [0, 0.1) is 0 Å². The van der Waals surface area contributed by atoms with Crippen LogP contribution in [0.2, 0.25) is 0 Å². The van der Waals surface area contributed by atoms with Gasteiger partial charge in [-0.1, -0.05) is 30.3 Å². The minimum absolute atomic E-state index is 0.301. The van der Waals surface area contributed by atoms with Gasteiger partial charge in [-0.25, -0.2) is 9.48 Å². The molecule has 0 saturated heterocycles. The Balaban J connectivity index is 1.67. The van der Waals surface area contributed by atoms with E-state index in [0.717, 1.165) is 11.3 Å². The number of rotatable bonds is 7. The molecule has 33 heavy (non-hydrogen) atoms. The number of benzene rings is 3. The molecule has 166 valence electrons. The highest BCUT2D eigenvalue weighted by molar-refractivity contribution is 6.08. The maximum absolute atomic E-state index is 13.2. The second kappa shape index (κ2) is 9.82. The van der Waals surface area contributed by atoms with Crippen LogP contribution in [-0.4, -0.2) is 35.4 Å². The Morgan fingerprint density at radius 1 is 0.970 bits per heavy atom. The van der Waals surface area contributed by atoms with Gasteiger partial charge in [0.25, 0.3) is 5.91 Å². The van der Waals surface area contributed by atoms with Gasteiger partial charge in [0, 0.05) is 17.4 Å². The predicted octanol–water partition coefficient (Wildman–Crippen LogP) is 4.98. The van der Waals surface area contributed by atoms with Gasteiger partial charge in [-0.3, -0.25) is 4.79 Å². The summed E-state index contributed by atoms with van der Waals surface area (Å²) >= 11 is 0. The first-order valence-corrected chi connectivity index (χ1v) is 10.5. The molecule has 0 aliphatic heterocycles. The molecule has 0 unspecified atom stereocenters. The van der Waals surface area contributed by atoms with Gasteiger partial charge in [-0.2, -0.15) is 5.10 Å². The molecule has 0 spiro atoms. The van der Waals surface area contributed by atoms with E-state index in [-0.39, 0.29) is 5.91 Å². The molecule has 7 heteroatoms. The maximum Gasteiger partial charge on any atom is 0.338 e. The zero-order valence-electron chi connectivity index (χ0n) is 18.3. The second-order valence-electron chi connectivity index (χ2n) is 7.16. The summed E-state index contributed by atoms with van der Waals surface area (Å²) < 4.78 is 12.0. The van der Waals surface area contributed by atoms with Crippen LogP contribution >= 0.6 is 0 Å². The molecule has 1 amide bonds. The van der Waals surface area contributed by atoms with Crippen LogP contribution in [0.1, 0.15) is 27.6 Å². The fourth-order valence-electron chi connectivity index (χ4n) is 3.34. The number of amides is 1. The second-order valence-corrected chi connectivity index (χ2v) is 7.16. The zero-order chi connectivity index (χ0) is 23.2. The Hall–Kier alpha value is -4.39. The largest absolute Gasteiger partial charge is 0.497 e. The van der Waals surface area contributed by atoms with E-state index in [1.165, 1.54) is 0 Å². The monoisotopic (exact) mass is 441 g/mol. The molecule has 0 atom stereocenters. The number of methoxy groups -OCH3 is 1. The number of esters is 1. The molecule has 1 N–H and O–H groups in total. The number of carbonyl (C=O) groups is 2. The lowest BCUT2D eigenvalue weighted by Gasteiger charge is -2.07. The van der Waals surface area contributed by atoms with Crippen LogP contribution in [0.25, 0.3) is 16.9 Å². The van der Waals surface area contributed by atoms with Crippen molar-refractivity contribution in [1.29, 1.82) is 0 Å². The van der Waals surface area contributed by atoms with Crippen molar-refractivity contribution in [3.05, 3.63) is 96.2 Å². The Kier molecular flexibility index (Phi) is 6.50. The van der Waals surface area contributed by atoms with Gasteiger partial charge in [0.15, 0.2) is 0 Å². The van der Waals surface area contributed by atoms with Crippen molar-refractivity contribution in [2.24, 2.45) is 0 Å². The highest BCUT2D eigenvalue weighted by Crippen LogP contribution is 2.27. The van der Waals surface area contributed by atoms with E-state index in [1.54, 1.807) is 49.2 Å². The van der Waals surface area contributed by atoms with Crippen molar-refractivity contribution in [3.8, 4) is 22.7 Å². The Bertz CT molecular complexity index is 1260. The Labute approximate surface area is 191 Å². The van der Waals surface area contributed by atoms with Gasteiger partial charge >= 0.3 is 5.97 Å². The van der Waals surface area contributed by atoms with E-state index in [0.29, 0.717) is 34.9 Å². The third-order valence-corrected chi connectivity index (χ3v) is 4.98. The molecular formula is C26H23N3O4. The van der Waals surface area contributed by atoms with Crippen molar-refractivity contribution >= 4 is 17.6 Å². The van der Waals surface area contributed by atoms with E-state index in [4.69, 9.17) is 9.47 Å². The molecule has 0 radical (unpaired) electrons. The molecule has 3 aromatic carbocycles. The molecule has 0 fully saturated rings. The average Bonchev–Trinajstić information content (AvgIpc) is 3.31. The summed E-state index contributed by atoms with van der Waals surface area (Å²) in [5.41, 5.74) is 3.49. The third-order valence-electron chi connectivity index (χ3n) is 4.98. The summed E-state index contributed by atoms with van der Waals surface area (Å²) in [6.45, 7) is 2.05. The number of hydrogen-bond acceptors (Lipinski definition) is 5. The van der Waals surface area contributed by atoms with Crippen LogP contribution in [0.3, 0.4) is 0 Å². The molecule has 0 bridgehead atoms. The van der Waals surface area contributed by atoms with E-state index < -0.39 is 5.97 Å². The summed E-state index contributed by atoms with van der Waals surface area (Å²) in [7, 11) is 1.59. The fourth-order valence-corrected chi connectivity index (χ4v) is 3.34. The van der Waals surface area contributed by atoms with Crippen molar-refractivity contribution in [2.45, 2.75) is 6.92 Å².